The maximum absolute atomic E-state index is 12.4. The van der Waals surface area contributed by atoms with Crippen LogP contribution in [0.3, 0.4) is 0 Å². The second kappa shape index (κ2) is 9.82. The van der Waals surface area contributed by atoms with Gasteiger partial charge < -0.3 is 9.64 Å². The lowest BCUT2D eigenvalue weighted by molar-refractivity contribution is -0.128. The molecule has 0 N–H and O–H groups in total. The third-order valence-electron chi connectivity index (χ3n) is 3.91. The summed E-state index contributed by atoms with van der Waals surface area (Å²) in [6.07, 6.45) is 6.41. The number of carbonyl (C=O) groups is 2. The standard InChI is InChI=1S/C19H27NO3/c1-5-7-14-20(15(3)6-2)18(21)13-10-16-8-11-17(12-9-16)19(22)23-4/h8-13,15H,5-7,14H2,1-4H3/b13-10+. The molecule has 0 bridgehead atoms. The Morgan fingerprint density at radius 2 is 1.87 bits per heavy atom. The molecule has 4 heteroatoms. The SMILES string of the molecule is CCCCN(C(=O)/C=C/c1ccc(C(=O)OC)cc1)C(C)CC. The molecule has 0 aliphatic carbocycles. The van der Waals surface area contributed by atoms with Gasteiger partial charge in [-0.1, -0.05) is 32.4 Å². The number of methoxy groups -OCH3 is 1. The molecule has 23 heavy (non-hydrogen) atoms. The highest BCUT2D eigenvalue weighted by molar-refractivity contribution is 5.92. The van der Waals surface area contributed by atoms with E-state index in [1.54, 1.807) is 36.4 Å². The summed E-state index contributed by atoms with van der Waals surface area (Å²) in [7, 11) is 1.36. The number of esters is 1. The lowest BCUT2D eigenvalue weighted by Crippen LogP contribution is -2.37. The van der Waals surface area contributed by atoms with Crippen LogP contribution in [0.4, 0.5) is 0 Å². The number of carbonyl (C=O) groups excluding carboxylic acids is 2. The van der Waals surface area contributed by atoms with Gasteiger partial charge in [-0.3, -0.25) is 4.79 Å². The zero-order valence-electron chi connectivity index (χ0n) is 14.5. The largest absolute Gasteiger partial charge is 0.465 e. The van der Waals surface area contributed by atoms with E-state index in [0.717, 1.165) is 31.4 Å². The first kappa shape index (κ1) is 18.9. The Morgan fingerprint density at radius 3 is 2.39 bits per heavy atom. The van der Waals surface area contributed by atoms with Crippen LogP contribution in [-0.4, -0.2) is 36.5 Å². The number of hydrogen-bond donors (Lipinski definition) is 0. The van der Waals surface area contributed by atoms with Gasteiger partial charge in [0, 0.05) is 18.7 Å². The van der Waals surface area contributed by atoms with Crippen molar-refractivity contribution < 1.29 is 14.3 Å². The normalized spacial score (nSPS) is 12.2. The fourth-order valence-corrected chi connectivity index (χ4v) is 2.21. The third-order valence-corrected chi connectivity index (χ3v) is 3.91. The Labute approximate surface area is 139 Å². The van der Waals surface area contributed by atoms with Crippen molar-refractivity contribution in [2.45, 2.75) is 46.1 Å². The molecular formula is C19H27NO3. The Bertz CT molecular complexity index is 534. The zero-order valence-corrected chi connectivity index (χ0v) is 14.5. The summed E-state index contributed by atoms with van der Waals surface area (Å²) in [6.45, 7) is 7.08. The molecule has 0 spiro atoms. The molecule has 1 atom stereocenters. The van der Waals surface area contributed by atoms with Gasteiger partial charge in [0.2, 0.25) is 5.91 Å². The molecule has 0 radical (unpaired) electrons. The van der Waals surface area contributed by atoms with Gasteiger partial charge in [0.25, 0.3) is 0 Å². The van der Waals surface area contributed by atoms with Crippen LogP contribution in [0, 0.1) is 0 Å². The van der Waals surface area contributed by atoms with Crippen LogP contribution in [0.1, 0.15) is 56.0 Å². The van der Waals surface area contributed by atoms with Crippen LogP contribution >= 0.6 is 0 Å². The molecule has 0 saturated carbocycles. The van der Waals surface area contributed by atoms with E-state index < -0.39 is 0 Å². The van der Waals surface area contributed by atoms with Gasteiger partial charge in [0.15, 0.2) is 0 Å². The Morgan fingerprint density at radius 1 is 1.22 bits per heavy atom. The minimum atomic E-state index is -0.362. The van der Waals surface area contributed by atoms with Crippen molar-refractivity contribution in [2.24, 2.45) is 0 Å². The number of hydrogen-bond acceptors (Lipinski definition) is 3. The van der Waals surface area contributed by atoms with Gasteiger partial charge in [-0.15, -0.1) is 0 Å². The lowest BCUT2D eigenvalue weighted by atomic mass is 10.1. The Balaban J connectivity index is 2.76. The number of nitrogens with zero attached hydrogens (tertiary/aromatic N) is 1. The molecule has 4 nitrogen and oxygen atoms in total. The Hall–Kier alpha value is -2.10. The summed E-state index contributed by atoms with van der Waals surface area (Å²) in [6, 6.07) is 7.23. The monoisotopic (exact) mass is 317 g/mol. The predicted molar refractivity (Wildman–Crippen MR) is 93.2 cm³/mol. The number of unbranched alkanes of at least 4 members (excludes halogenated alkanes) is 1. The summed E-state index contributed by atoms with van der Waals surface area (Å²) in [5.41, 5.74) is 1.38. The topological polar surface area (TPSA) is 46.6 Å². The van der Waals surface area contributed by atoms with Crippen LogP contribution in [0.2, 0.25) is 0 Å². The van der Waals surface area contributed by atoms with Gasteiger partial charge in [-0.2, -0.15) is 0 Å². The summed E-state index contributed by atoms with van der Waals surface area (Å²) in [5, 5.41) is 0. The molecular weight excluding hydrogens is 290 g/mol. The van der Waals surface area contributed by atoms with Gasteiger partial charge in [-0.05, 0) is 43.5 Å². The average molecular weight is 317 g/mol. The molecule has 1 aromatic rings. The van der Waals surface area contributed by atoms with E-state index >= 15 is 0 Å². The van der Waals surface area contributed by atoms with Crippen molar-refractivity contribution >= 4 is 18.0 Å². The first-order chi connectivity index (χ1) is 11.0. The molecule has 1 amide bonds. The van der Waals surface area contributed by atoms with Gasteiger partial charge >= 0.3 is 5.97 Å². The van der Waals surface area contributed by atoms with E-state index in [2.05, 4.69) is 25.5 Å². The first-order valence-electron chi connectivity index (χ1n) is 8.20. The first-order valence-corrected chi connectivity index (χ1v) is 8.20. The minimum Gasteiger partial charge on any atom is -0.465 e. The molecule has 0 aliphatic heterocycles. The van der Waals surface area contributed by atoms with Crippen LogP contribution in [-0.2, 0) is 9.53 Å². The summed E-state index contributed by atoms with van der Waals surface area (Å²) in [5.74, 6) is -0.330. The minimum absolute atomic E-state index is 0.0323. The van der Waals surface area contributed by atoms with Crippen molar-refractivity contribution in [3.63, 3.8) is 0 Å². The number of ether oxygens (including phenoxy) is 1. The van der Waals surface area contributed by atoms with Crippen molar-refractivity contribution in [2.75, 3.05) is 13.7 Å². The van der Waals surface area contributed by atoms with Crippen molar-refractivity contribution in [1.29, 1.82) is 0 Å². The predicted octanol–water partition coefficient (Wildman–Crippen LogP) is 3.91. The smallest absolute Gasteiger partial charge is 0.337 e. The molecule has 0 aliphatic rings. The van der Waals surface area contributed by atoms with Crippen LogP contribution in [0.25, 0.3) is 6.08 Å². The van der Waals surface area contributed by atoms with E-state index in [-0.39, 0.29) is 17.9 Å². The van der Waals surface area contributed by atoms with Crippen molar-refractivity contribution in [3.8, 4) is 0 Å². The maximum atomic E-state index is 12.4. The molecule has 0 aromatic heterocycles. The zero-order chi connectivity index (χ0) is 17.2. The van der Waals surface area contributed by atoms with Gasteiger partial charge in [-0.25, -0.2) is 4.79 Å². The van der Waals surface area contributed by atoms with Crippen LogP contribution in [0.5, 0.6) is 0 Å². The van der Waals surface area contributed by atoms with E-state index in [4.69, 9.17) is 0 Å². The van der Waals surface area contributed by atoms with E-state index in [1.165, 1.54) is 7.11 Å². The molecule has 0 fully saturated rings. The summed E-state index contributed by atoms with van der Waals surface area (Å²) >= 11 is 0. The quantitative estimate of drug-likeness (QED) is 0.539. The molecule has 0 heterocycles. The van der Waals surface area contributed by atoms with Crippen molar-refractivity contribution in [3.05, 3.63) is 41.5 Å². The molecule has 1 aromatic carbocycles. The van der Waals surface area contributed by atoms with E-state index in [9.17, 15) is 9.59 Å². The molecule has 1 rings (SSSR count). The van der Waals surface area contributed by atoms with Gasteiger partial charge in [0.05, 0.1) is 12.7 Å². The fourth-order valence-electron chi connectivity index (χ4n) is 2.21. The summed E-state index contributed by atoms with van der Waals surface area (Å²) in [4.78, 5) is 25.7. The fraction of sp³-hybridized carbons (Fsp3) is 0.474. The third kappa shape index (κ3) is 5.89. The molecule has 126 valence electrons. The second-order valence-electron chi connectivity index (χ2n) is 5.59. The maximum Gasteiger partial charge on any atom is 0.337 e. The van der Waals surface area contributed by atoms with Gasteiger partial charge in [0.1, 0.15) is 0 Å². The highest BCUT2D eigenvalue weighted by Crippen LogP contribution is 2.10. The number of rotatable bonds is 8. The molecule has 0 saturated heterocycles. The van der Waals surface area contributed by atoms with E-state index in [1.807, 2.05) is 4.90 Å². The van der Waals surface area contributed by atoms with Crippen LogP contribution in [0.15, 0.2) is 30.3 Å². The highest BCUT2D eigenvalue weighted by Gasteiger charge is 2.15. The average Bonchev–Trinajstić information content (AvgIpc) is 2.59. The number of benzene rings is 1. The number of amides is 1. The second-order valence-corrected chi connectivity index (χ2v) is 5.59. The molecule has 1 unspecified atom stereocenters. The van der Waals surface area contributed by atoms with Crippen LogP contribution < -0.4 is 0 Å². The van der Waals surface area contributed by atoms with Crippen molar-refractivity contribution in [1.82, 2.24) is 4.90 Å². The Kier molecular flexibility index (Phi) is 8.09. The van der Waals surface area contributed by atoms with E-state index in [0.29, 0.717) is 5.56 Å². The summed E-state index contributed by atoms with van der Waals surface area (Å²) < 4.78 is 4.66. The lowest BCUT2D eigenvalue weighted by Gasteiger charge is -2.27. The highest BCUT2D eigenvalue weighted by atomic mass is 16.5.